The third kappa shape index (κ3) is 4.46. The van der Waals surface area contributed by atoms with E-state index in [0.717, 1.165) is 11.0 Å². The van der Waals surface area contributed by atoms with E-state index in [4.69, 9.17) is 0 Å². The minimum absolute atomic E-state index is 0.0643. The first-order valence-corrected chi connectivity index (χ1v) is 7.45. The standard InChI is InChI=1S/C14H19F3N4O2/c1-2-10(21-6-3-4-12(21)22)13(23)19-8-11-18-5-7-20(11)9-14(15,16)17/h5,7,10H,2-4,6,8-9H2,1H3,(H,19,23)/t10-/m1/s1. The van der Waals surface area contributed by atoms with Crippen LogP contribution in [-0.2, 0) is 22.7 Å². The average Bonchev–Trinajstić information content (AvgIpc) is 3.06. The van der Waals surface area contributed by atoms with Gasteiger partial charge in [0.1, 0.15) is 18.4 Å². The lowest BCUT2D eigenvalue weighted by molar-refractivity contribution is -0.141. The summed E-state index contributed by atoms with van der Waals surface area (Å²) in [5.41, 5.74) is 0. The fourth-order valence-electron chi connectivity index (χ4n) is 2.67. The SMILES string of the molecule is CC[C@H](C(=O)NCc1nccn1CC(F)(F)F)N1CCCC1=O. The van der Waals surface area contributed by atoms with E-state index in [2.05, 4.69) is 10.3 Å². The van der Waals surface area contributed by atoms with Gasteiger partial charge < -0.3 is 14.8 Å². The summed E-state index contributed by atoms with van der Waals surface area (Å²) in [5.74, 6) is -0.312. The highest BCUT2D eigenvalue weighted by molar-refractivity contribution is 5.88. The number of nitrogens with zero attached hydrogens (tertiary/aromatic N) is 3. The zero-order valence-electron chi connectivity index (χ0n) is 12.8. The van der Waals surface area contributed by atoms with E-state index in [1.54, 1.807) is 6.92 Å². The molecule has 1 atom stereocenters. The number of hydrogen-bond donors (Lipinski definition) is 1. The highest BCUT2D eigenvalue weighted by atomic mass is 19.4. The van der Waals surface area contributed by atoms with Crippen molar-refractivity contribution in [2.45, 2.75) is 51.5 Å². The van der Waals surface area contributed by atoms with Gasteiger partial charge in [0.15, 0.2) is 0 Å². The molecule has 1 fully saturated rings. The quantitative estimate of drug-likeness (QED) is 0.858. The van der Waals surface area contributed by atoms with E-state index >= 15 is 0 Å². The van der Waals surface area contributed by atoms with Crippen LogP contribution in [0, 0.1) is 0 Å². The molecule has 1 aromatic heterocycles. The Morgan fingerprint density at radius 1 is 1.48 bits per heavy atom. The van der Waals surface area contributed by atoms with Gasteiger partial charge in [0.2, 0.25) is 11.8 Å². The van der Waals surface area contributed by atoms with Gasteiger partial charge in [-0.05, 0) is 12.8 Å². The number of carbonyl (C=O) groups is 2. The lowest BCUT2D eigenvalue weighted by atomic mass is 10.2. The molecule has 1 saturated heterocycles. The maximum atomic E-state index is 12.4. The highest BCUT2D eigenvalue weighted by Gasteiger charge is 2.32. The fraction of sp³-hybridized carbons (Fsp3) is 0.643. The first-order valence-electron chi connectivity index (χ1n) is 7.45. The highest BCUT2D eigenvalue weighted by Crippen LogP contribution is 2.19. The Morgan fingerprint density at radius 2 is 2.22 bits per heavy atom. The number of aromatic nitrogens is 2. The molecule has 6 nitrogen and oxygen atoms in total. The molecule has 9 heteroatoms. The Bertz CT molecular complexity index is 571. The molecule has 23 heavy (non-hydrogen) atoms. The fourth-order valence-corrected chi connectivity index (χ4v) is 2.67. The monoisotopic (exact) mass is 332 g/mol. The molecule has 1 N–H and O–H groups in total. The Kier molecular flexibility index (Phi) is 5.27. The molecule has 2 heterocycles. The van der Waals surface area contributed by atoms with Gasteiger partial charge in [-0.25, -0.2) is 4.98 Å². The van der Waals surface area contributed by atoms with Gasteiger partial charge in [0.05, 0.1) is 6.54 Å². The number of halogens is 3. The van der Waals surface area contributed by atoms with E-state index in [1.807, 2.05) is 0 Å². The van der Waals surface area contributed by atoms with Crippen molar-refractivity contribution in [1.82, 2.24) is 19.8 Å². The predicted octanol–water partition coefficient (Wildman–Crippen LogP) is 1.46. The van der Waals surface area contributed by atoms with Crippen molar-refractivity contribution in [2.75, 3.05) is 6.54 Å². The van der Waals surface area contributed by atoms with Crippen molar-refractivity contribution < 1.29 is 22.8 Å². The van der Waals surface area contributed by atoms with Crippen LogP contribution in [-0.4, -0.2) is 45.0 Å². The summed E-state index contributed by atoms with van der Waals surface area (Å²) in [5, 5.41) is 2.58. The van der Waals surface area contributed by atoms with Crippen LogP contribution in [0.3, 0.4) is 0 Å². The molecule has 1 aliphatic heterocycles. The summed E-state index contributed by atoms with van der Waals surface area (Å²) < 4.78 is 38.3. The van der Waals surface area contributed by atoms with Gasteiger partial charge in [0.25, 0.3) is 0 Å². The maximum Gasteiger partial charge on any atom is 0.406 e. The second kappa shape index (κ2) is 7.01. The molecule has 2 rings (SSSR count). The van der Waals surface area contributed by atoms with E-state index < -0.39 is 18.8 Å². The number of hydrogen-bond acceptors (Lipinski definition) is 3. The first-order chi connectivity index (χ1) is 10.8. The van der Waals surface area contributed by atoms with Crippen molar-refractivity contribution in [2.24, 2.45) is 0 Å². The van der Waals surface area contributed by atoms with Crippen molar-refractivity contribution in [3.05, 3.63) is 18.2 Å². The van der Waals surface area contributed by atoms with Crippen molar-refractivity contribution in [3.63, 3.8) is 0 Å². The molecular weight excluding hydrogens is 313 g/mol. The second-order valence-electron chi connectivity index (χ2n) is 5.42. The number of alkyl halides is 3. The number of rotatable bonds is 6. The third-order valence-corrected chi connectivity index (χ3v) is 3.75. The maximum absolute atomic E-state index is 12.4. The molecule has 0 saturated carbocycles. The predicted molar refractivity (Wildman–Crippen MR) is 75.2 cm³/mol. The van der Waals surface area contributed by atoms with Gasteiger partial charge >= 0.3 is 6.18 Å². The van der Waals surface area contributed by atoms with Crippen LogP contribution in [0.1, 0.15) is 32.0 Å². The normalized spacial score (nSPS) is 16.7. The van der Waals surface area contributed by atoms with Crippen molar-refractivity contribution in [1.29, 1.82) is 0 Å². The molecule has 0 radical (unpaired) electrons. The van der Waals surface area contributed by atoms with Crippen LogP contribution >= 0.6 is 0 Å². The summed E-state index contributed by atoms with van der Waals surface area (Å²) in [6.45, 7) is 1.06. The minimum Gasteiger partial charge on any atom is -0.347 e. The Morgan fingerprint density at radius 3 is 2.78 bits per heavy atom. The lowest BCUT2D eigenvalue weighted by Crippen LogP contribution is -2.47. The van der Waals surface area contributed by atoms with E-state index in [-0.39, 0.29) is 24.2 Å². The molecule has 0 spiro atoms. The summed E-state index contributed by atoms with van der Waals surface area (Å²) in [6.07, 6.45) is -0.273. The Labute approximate surface area is 131 Å². The topological polar surface area (TPSA) is 67.2 Å². The van der Waals surface area contributed by atoms with Gasteiger partial charge in [0, 0.05) is 25.4 Å². The molecule has 128 valence electrons. The number of likely N-dealkylation sites (tertiary alicyclic amines) is 1. The molecule has 0 aromatic carbocycles. The molecule has 1 aromatic rings. The summed E-state index contributed by atoms with van der Waals surface area (Å²) in [7, 11) is 0. The Balaban J connectivity index is 1.96. The molecule has 0 unspecified atom stereocenters. The molecule has 0 bridgehead atoms. The summed E-state index contributed by atoms with van der Waals surface area (Å²) in [4.78, 5) is 29.3. The van der Waals surface area contributed by atoms with Gasteiger partial charge in [-0.1, -0.05) is 6.92 Å². The molecule has 1 aliphatic rings. The van der Waals surface area contributed by atoms with E-state index in [1.165, 1.54) is 17.3 Å². The number of imidazole rings is 1. The van der Waals surface area contributed by atoms with E-state index in [0.29, 0.717) is 19.4 Å². The van der Waals surface area contributed by atoms with Crippen LogP contribution in [0.4, 0.5) is 13.2 Å². The first kappa shape index (κ1) is 17.3. The number of amides is 2. The minimum atomic E-state index is -4.35. The average molecular weight is 332 g/mol. The van der Waals surface area contributed by atoms with Gasteiger partial charge in [-0.15, -0.1) is 0 Å². The zero-order chi connectivity index (χ0) is 17.0. The second-order valence-corrected chi connectivity index (χ2v) is 5.42. The van der Waals surface area contributed by atoms with Crippen LogP contribution in [0.2, 0.25) is 0 Å². The van der Waals surface area contributed by atoms with E-state index in [9.17, 15) is 22.8 Å². The van der Waals surface area contributed by atoms with Crippen LogP contribution in [0.15, 0.2) is 12.4 Å². The largest absolute Gasteiger partial charge is 0.406 e. The van der Waals surface area contributed by atoms with Crippen molar-refractivity contribution in [3.8, 4) is 0 Å². The van der Waals surface area contributed by atoms with Crippen LogP contribution < -0.4 is 5.32 Å². The van der Waals surface area contributed by atoms with Gasteiger partial charge in [-0.2, -0.15) is 13.2 Å². The number of carbonyl (C=O) groups excluding carboxylic acids is 2. The Hall–Kier alpha value is -2.06. The van der Waals surface area contributed by atoms with Crippen molar-refractivity contribution >= 4 is 11.8 Å². The summed E-state index contributed by atoms with van der Waals surface area (Å²) in [6, 6.07) is -0.587. The molecular formula is C14H19F3N4O2. The number of nitrogens with one attached hydrogen (secondary N) is 1. The summed E-state index contributed by atoms with van der Waals surface area (Å²) >= 11 is 0. The smallest absolute Gasteiger partial charge is 0.347 e. The molecule has 0 aliphatic carbocycles. The van der Waals surface area contributed by atoms with Crippen LogP contribution in [0.5, 0.6) is 0 Å². The third-order valence-electron chi connectivity index (χ3n) is 3.75. The van der Waals surface area contributed by atoms with Crippen LogP contribution in [0.25, 0.3) is 0 Å². The van der Waals surface area contributed by atoms with Gasteiger partial charge in [-0.3, -0.25) is 9.59 Å². The molecule has 2 amide bonds. The zero-order valence-corrected chi connectivity index (χ0v) is 12.8. The lowest BCUT2D eigenvalue weighted by Gasteiger charge is -2.25.